The molecular formula is C28H23ClFN3O3. The van der Waals surface area contributed by atoms with Crippen molar-refractivity contribution < 1.29 is 18.7 Å². The molecule has 4 rings (SSSR count). The van der Waals surface area contributed by atoms with E-state index >= 15 is 0 Å². The first-order valence-corrected chi connectivity index (χ1v) is 11.6. The SMILES string of the molecule is O=C(CCNC(=O)c1ccccc1F)NN=Cc1c(OCc2ccc(Cl)cc2)ccc2ccccc12. The Kier molecular flexibility index (Phi) is 8.26. The first kappa shape index (κ1) is 24.9. The molecule has 182 valence electrons. The van der Waals surface area contributed by atoms with Gasteiger partial charge in [0.15, 0.2) is 0 Å². The Morgan fingerprint density at radius 1 is 0.944 bits per heavy atom. The summed E-state index contributed by atoms with van der Waals surface area (Å²) in [5.41, 5.74) is 4.07. The molecule has 2 N–H and O–H groups in total. The summed E-state index contributed by atoms with van der Waals surface area (Å²) in [6.07, 6.45) is 1.52. The van der Waals surface area contributed by atoms with E-state index in [2.05, 4.69) is 15.8 Å². The van der Waals surface area contributed by atoms with Gasteiger partial charge in [-0.3, -0.25) is 9.59 Å². The Morgan fingerprint density at radius 3 is 2.50 bits per heavy atom. The summed E-state index contributed by atoms with van der Waals surface area (Å²) in [6.45, 7) is 0.378. The van der Waals surface area contributed by atoms with Crippen LogP contribution in [0.4, 0.5) is 4.39 Å². The highest BCUT2D eigenvalue weighted by atomic mass is 35.5. The number of fused-ring (bicyclic) bond motifs is 1. The fourth-order valence-corrected chi connectivity index (χ4v) is 3.66. The Morgan fingerprint density at radius 2 is 1.69 bits per heavy atom. The van der Waals surface area contributed by atoms with Gasteiger partial charge in [0, 0.05) is 23.6 Å². The molecule has 8 heteroatoms. The van der Waals surface area contributed by atoms with Crippen molar-refractivity contribution in [1.82, 2.24) is 10.7 Å². The van der Waals surface area contributed by atoms with Crippen molar-refractivity contribution in [2.24, 2.45) is 5.10 Å². The third-order valence-corrected chi connectivity index (χ3v) is 5.63. The molecule has 0 aromatic heterocycles. The number of halogens is 2. The summed E-state index contributed by atoms with van der Waals surface area (Å²) < 4.78 is 19.7. The maximum atomic E-state index is 13.7. The summed E-state index contributed by atoms with van der Waals surface area (Å²) in [5.74, 6) is -0.987. The number of hydrogen-bond donors (Lipinski definition) is 2. The molecule has 4 aromatic carbocycles. The number of nitrogens with zero attached hydrogens (tertiary/aromatic N) is 1. The molecule has 0 spiro atoms. The van der Waals surface area contributed by atoms with Crippen LogP contribution in [0, 0.1) is 5.82 Å². The zero-order chi connectivity index (χ0) is 25.3. The third kappa shape index (κ3) is 6.46. The molecule has 0 saturated heterocycles. The molecule has 0 fully saturated rings. The quantitative estimate of drug-likeness (QED) is 0.234. The molecule has 6 nitrogen and oxygen atoms in total. The Balaban J connectivity index is 1.38. The normalized spacial score (nSPS) is 10.9. The van der Waals surface area contributed by atoms with E-state index in [1.54, 1.807) is 18.2 Å². The topological polar surface area (TPSA) is 79.8 Å². The van der Waals surface area contributed by atoms with E-state index in [0.29, 0.717) is 17.4 Å². The van der Waals surface area contributed by atoms with Crippen molar-refractivity contribution in [3.05, 3.63) is 112 Å². The van der Waals surface area contributed by atoms with Gasteiger partial charge >= 0.3 is 0 Å². The molecule has 4 aromatic rings. The number of hydrazone groups is 1. The highest BCUT2D eigenvalue weighted by molar-refractivity contribution is 6.30. The Labute approximate surface area is 212 Å². The lowest BCUT2D eigenvalue weighted by Crippen LogP contribution is -2.29. The van der Waals surface area contributed by atoms with Crippen LogP contribution in [0.25, 0.3) is 10.8 Å². The summed E-state index contributed by atoms with van der Waals surface area (Å²) in [4.78, 5) is 24.3. The van der Waals surface area contributed by atoms with Crippen molar-refractivity contribution in [3.63, 3.8) is 0 Å². The van der Waals surface area contributed by atoms with Crippen LogP contribution >= 0.6 is 11.6 Å². The van der Waals surface area contributed by atoms with Crippen molar-refractivity contribution in [2.75, 3.05) is 6.54 Å². The van der Waals surface area contributed by atoms with Crippen molar-refractivity contribution in [1.29, 1.82) is 0 Å². The first-order chi connectivity index (χ1) is 17.5. The van der Waals surface area contributed by atoms with E-state index in [9.17, 15) is 14.0 Å². The van der Waals surface area contributed by atoms with Crippen molar-refractivity contribution >= 4 is 40.4 Å². The number of amides is 2. The van der Waals surface area contributed by atoms with Gasteiger partial charge in [0.25, 0.3) is 5.91 Å². The predicted octanol–water partition coefficient (Wildman–Crippen LogP) is 5.48. The summed E-state index contributed by atoms with van der Waals surface area (Å²) in [7, 11) is 0. The van der Waals surface area contributed by atoms with Gasteiger partial charge in [-0.05, 0) is 46.7 Å². The van der Waals surface area contributed by atoms with E-state index < -0.39 is 17.6 Å². The van der Waals surface area contributed by atoms with E-state index in [4.69, 9.17) is 16.3 Å². The van der Waals surface area contributed by atoms with Crippen LogP contribution in [0.5, 0.6) is 5.75 Å². The number of carbonyl (C=O) groups is 2. The second-order valence-electron chi connectivity index (χ2n) is 7.89. The Hall–Kier alpha value is -4.23. The highest BCUT2D eigenvalue weighted by Gasteiger charge is 2.11. The smallest absolute Gasteiger partial charge is 0.254 e. The van der Waals surface area contributed by atoms with Crippen LogP contribution in [-0.4, -0.2) is 24.6 Å². The largest absolute Gasteiger partial charge is 0.488 e. The minimum Gasteiger partial charge on any atom is -0.488 e. The molecule has 0 bridgehead atoms. The van der Waals surface area contributed by atoms with Gasteiger partial charge in [0.05, 0.1) is 11.8 Å². The molecular weight excluding hydrogens is 481 g/mol. The summed E-state index contributed by atoms with van der Waals surface area (Å²) in [6, 6.07) is 24.6. The van der Waals surface area contributed by atoms with Gasteiger partial charge in [-0.15, -0.1) is 0 Å². The zero-order valence-corrected chi connectivity index (χ0v) is 20.0. The van der Waals surface area contributed by atoms with Crippen molar-refractivity contribution in [2.45, 2.75) is 13.0 Å². The highest BCUT2D eigenvalue weighted by Crippen LogP contribution is 2.27. The summed E-state index contributed by atoms with van der Waals surface area (Å²) >= 11 is 5.96. The number of hydrogen-bond acceptors (Lipinski definition) is 4. The van der Waals surface area contributed by atoms with Gasteiger partial charge in [-0.25, -0.2) is 9.82 Å². The number of ether oxygens (including phenoxy) is 1. The average Bonchev–Trinajstić information content (AvgIpc) is 2.89. The van der Waals surface area contributed by atoms with Crippen LogP contribution < -0.4 is 15.5 Å². The van der Waals surface area contributed by atoms with E-state index in [0.717, 1.165) is 21.9 Å². The number of carbonyl (C=O) groups excluding carboxylic acids is 2. The van der Waals surface area contributed by atoms with E-state index in [1.807, 2.05) is 48.5 Å². The second-order valence-corrected chi connectivity index (χ2v) is 8.33. The van der Waals surface area contributed by atoms with Crippen molar-refractivity contribution in [3.8, 4) is 5.75 Å². The minimum absolute atomic E-state index is 0.0208. The predicted molar refractivity (Wildman–Crippen MR) is 139 cm³/mol. The molecule has 0 aliphatic carbocycles. The molecule has 0 heterocycles. The first-order valence-electron chi connectivity index (χ1n) is 11.2. The van der Waals surface area contributed by atoms with Gasteiger partial charge in [0.1, 0.15) is 18.2 Å². The van der Waals surface area contributed by atoms with Gasteiger partial charge in [-0.2, -0.15) is 5.10 Å². The fourth-order valence-electron chi connectivity index (χ4n) is 3.53. The van der Waals surface area contributed by atoms with Crippen LogP contribution in [0.15, 0.2) is 90.0 Å². The van der Waals surface area contributed by atoms with Gasteiger partial charge in [0.2, 0.25) is 5.91 Å². The standard InChI is InChI=1S/C28H23ClFN3O3/c29-21-12-9-19(10-13-21)18-36-26-14-11-20-5-1-2-6-22(20)24(26)17-32-33-27(34)15-16-31-28(35)23-7-3-4-8-25(23)30/h1-14,17H,15-16,18H2,(H,31,35)(H,33,34). The van der Waals surface area contributed by atoms with Crippen LogP contribution in [0.2, 0.25) is 5.02 Å². The lowest BCUT2D eigenvalue weighted by molar-refractivity contribution is -0.120. The molecule has 0 saturated carbocycles. The molecule has 0 radical (unpaired) electrons. The molecule has 0 aliphatic heterocycles. The molecule has 0 aliphatic rings. The number of rotatable bonds is 9. The minimum atomic E-state index is -0.617. The molecule has 0 unspecified atom stereocenters. The van der Waals surface area contributed by atoms with E-state index in [1.165, 1.54) is 24.4 Å². The summed E-state index contributed by atoms with van der Waals surface area (Å²) in [5, 5.41) is 9.19. The second kappa shape index (κ2) is 12.0. The zero-order valence-electron chi connectivity index (χ0n) is 19.2. The van der Waals surface area contributed by atoms with Crippen LogP contribution in [0.1, 0.15) is 27.9 Å². The maximum Gasteiger partial charge on any atom is 0.254 e. The third-order valence-electron chi connectivity index (χ3n) is 5.38. The van der Waals surface area contributed by atoms with E-state index in [-0.39, 0.29) is 18.5 Å². The number of nitrogens with one attached hydrogen (secondary N) is 2. The lowest BCUT2D eigenvalue weighted by Gasteiger charge is -2.12. The van der Waals surface area contributed by atoms with Crippen LogP contribution in [0.3, 0.4) is 0 Å². The monoisotopic (exact) mass is 503 g/mol. The number of benzene rings is 4. The van der Waals surface area contributed by atoms with Gasteiger partial charge in [-0.1, -0.05) is 66.2 Å². The molecule has 0 atom stereocenters. The van der Waals surface area contributed by atoms with Crippen LogP contribution in [-0.2, 0) is 11.4 Å². The van der Waals surface area contributed by atoms with Gasteiger partial charge < -0.3 is 10.1 Å². The average molecular weight is 504 g/mol. The molecule has 36 heavy (non-hydrogen) atoms. The molecule has 2 amide bonds. The maximum absolute atomic E-state index is 13.7. The fraction of sp³-hybridized carbons (Fsp3) is 0.107. The Bertz CT molecular complexity index is 1410. The lowest BCUT2D eigenvalue weighted by atomic mass is 10.0.